The molecule has 0 heterocycles. The number of amides is 1. The van der Waals surface area contributed by atoms with E-state index in [4.69, 9.17) is 23.2 Å². The molecule has 104 valence electrons. The fourth-order valence-corrected chi connectivity index (χ4v) is 2.29. The molecule has 0 aliphatic carbocycles. The molecule has 6 heteroatoms. The lowest BCUT2D eigenvalue weighted by Gasteiger charge is -2.28. The van der Waals surface area contributed by atoms with E-state index >= 15 is 0 Å². The Morgan fingerprint density at radius 3 is 2.47 bits per heavy atom. The number of hydrogen-bond donors (Lipinski definition) is 1. The minimum absolute atomic E-state index is 0.166. The topological polar surface area (TPSA) is 57.6 Å². The highest BCUT2D eigenvalue weighted by atomic mass is 35.5. The van der Waals surface area contributed by atoms with Crippen LogP contribution in [0.5, 0.6) is 0 Å². The summed E-state index contributed by atoms with van der Waals surface area (Å²) < 4.78 is 0. The van der Waals surface area contributed by atoms with Gasteiger partial charge >= 0.3 is 5.97 Å². The molecule has 0 saturated heterocycles. The Balaban J connectivity index is 3.30. The molecular formula is C13H15Cl2NO3. The normalized spacial score (nSPS) is 12.0. The van der Waals surface area contributed by atoms with Crippen molar-refractivity contribution >= 4 is 35.1 Å². The highest BCUT2D eigenvalue weighted by Crippen LogP contribution is 2.33. The molecule has 0 radical (unpaired) electrons. The number of carbonyl (C=O) groups excluding carboxylic acids is 1. The van der Waals surface area contributed by atoms with Crippen LogP contribution >= 0.6 is 23.2 Å². The quantitative estimate of drug-likeness (QED) is 0.907. The van der Waals surface area contributed by atoms with E-state index < -0.39 is 12.0 Å². The summed E-state index contributed by atoms with van der Waals surface area (Å²) in [7, 11) is 0. The number of halogens is 2. The van der Waals surface area contributed by atoms with Crippen molar-refractivity contribution in [2.45, 2.75) is 26.3 Å². The average Bonchev–Trinajstić information content (AvgIpc) is 2.33. The summed E-state index contributed by atoms with van der Waals surface area (Å²) in [5.74, 6) is -1.45. The van der Waals surface area contributed by atoms with Crippen molar-refractivity contribution in [3.8, 4) is 0 Å². The van der Waals surface area contributed by atoms with E-state index in [1.165, 1.54) is 11.8 Å². The van der Waals surface area contributed by atoms with Gasteiger partial charge in [-0.1, -0.05) is 42.3 Å². The SMILES string of the molecule is CCCN(C(C)=O)C(C(=O)O)c1cccc(Cl)c1Cl. The van der Waals surface area contributed by atoms with Gasteiger partial charge in [-0.15, -0.1) is 0 Å². The molecule has 1 aromatic carbocycles. The third-order valence-electron chi connectivity index (χ3n) is 2.69. The zero-order valence-corrected chi connectivity index (χ0v) is 12.2. The van der Waals surface area contributed by atoms with Crippen LogP contribution in [0, 0.1) is 0 Å². The van der Waals surface area contributed by atoms with Gasteiger partial charge in [0, 0.05) is 19.0 Å². The largest absolute Gasteiger partial charge is 0.479 e. The minimum atomic E-state index is -1.13. The van der Waals surface area contributed by atoms with Gasteiger partial charge in [0.25, 0.3) is 0 Å². The van der Waals surface area contributed by atoms with Crippen LogP contribution in [0.4, 0.5) is 0 Å². The first-order valence-electron chi connectivity index (χ1n) is 5.84. The zero-order chi connectivity index (χ0) is 14.6. The molecule has 0 aromatic heterocycles. The smallest absolute Gasteiger partial charge is 0.331 e. The highest BCUT2D eigenvalue weighted by Gasteiger charge is 2.31. The summed E-state index contributed by atoms with van der Waals surface area (Å²) in [6.45, 7) is 3.55. The maximum Gasteiger partial charge on any atom is 0.331 e. The van der Waals surface area contributed by atoms with E-state index in [1.807, 2.05) is 6.92 Å². The summed E-state index contributed by atoms with van der Waals surface area (Å²) in [5.41, 5.74) is 0.324. The predicted molar refractivity (Wildman–Crippen MR) is 74.5 cm³/mol. The third-order valence-corrected chi connectivity index (χ3v) is 3.52. The van der Waals surface area contributed by atoms with Gasteiger partial charge in [-0.05, 0) is 12.5 Å². The maximum absolute atomic E-state index is 11.6. The number of carboxylic acid groups (broad SMARTS) is 1. The average molecular weight is 304 g/mol. The molecular weight excluding hydrogens is 289 g/mol. The molecule has 4 nitrogen and oxygen atoms in total. The summed E-state index contributed by atoms with van der Waals surface area (Å²) in [6.07, 6.45) is 0.654. The van der Waals surface area contributed by atoms with Crippen molar-refractivity contribution in [1.29, 1.82) is 0 Å². The van der Waals surface area contributed by atoms with E-state index in [9.17, 15) is 14.7 Å². The molecule has 19 heavy (non-hydrogen) atoms. The Kier molecular flexibility index (Phi) is 5.63. The fraction of sp³-hybridized carbons (Fsp3) is 0.385. The number of carbonyl (C=O) groups is 2. The Morgan fingerprint density at radius 2 is 2.00 bits per heavy atom. The molecule has 1 aromatic rings. The van der Waals surface area contributed by atoms with Gasteiger partial charge in [0.15, 0.2) is 6.04 Å². The molecule has 1 atom stereocenters. The van der Waals surface area contributed by atoms with Crippen LogP contribution in [0.2, 0.25) is 10.0 Å². The van der Waals surface area contributed by atoms with Gasteiger partial charge < -0.3 is 10.0 Å². The summed E-state index contributed by atoms with van der Waals surface area (Å²) >= 11 is 11.9. The van der Waals surface area contributed by atoms with Crippen molar-refractivity contribution in [3.05, 3.63) is 33.8 Å². The van der Waals surface area contributed by atoms with Gasteiger partial charge in [-0.2, -0.15) is 0 Å². The van der Waals surface area contributed by atoms with Crippen LogP contribution in [-0.2, 0) is 9.59 Å². The molecule has 0 bridgehead atoms. The van der Waals surface area contributed by atoms with Gasteiger partial charge in [0.05, 0.1) is 10.0 Å². The van der Waals surface area contributed by atoms with Crippen LogP contribution in [-0.4, -0.2) is 28.4 Å². The summed E-state index contributed by atoms with van der Waals surface area (Å²) in [5, 5.41) is 9.83. The second kappa shape index (κ2) is 6.78. The summed E-state index contributed by atoms with van der Waals surface area (Å²) in [6, 6.07) is 3.63. The lowest BCUT2D eigenvalue weighted by molar-refractivity contribution is -0.149. The van der Waals surface area contributed by atoms with Gasteiger partial charge in [0.2, 0.25) is 5.91 Å². The van der Waals surface area contributed by atoms with Crippen LogP contribution in [0.3, 0.4) is 0 Å². The van der Waals surface area contributed by atoms with Gasteiger partial charge in [0.1, 0.15) is 0 Å². The lowest BCUT2D eigenvalue weighted by Crippen LogP contribution is -2.38. The Bertz CT molecular complexity index is 491. The number of benzene rings is 1. The van der Waals surface area contributed by atoms with E-state index in [0.717, 1.165) is 0 Å². The summed E-state index contributed by atoms with van der Waals surface area (Å²) in [4.78, 5) is 24.4. The number of hydrogen-bond acceptors (Lipinski definition) is 2. The first kappa shape index (κ1) is 15.8. The zero-order valence-electron chi connectivity index (χ0n) is 10.7. The van der Waals surface area contributed by atoms with Crippen molar-refractivity contribution in [3.63, 3.8) is 0 Å². The van der Waals surface area contributed by atoms with Crippen LogP contribution in [0.25, 0.3) is 0 Å². The maximum atomic E-state index is 11.6. The molecule has 1 unspecified atom stereocenters. The van der Waals surface area contributed by atoms with E-state index in [2.05, 4.69) is 0 Å². The van der Waals surface area contributed by atoms with Crippen molar-refractivity contribution in [2.24, 2.45) is 0 Å². The van der Waals surface area contributed by atoms with Crippen LogP contribution in [0.15, 0.2) is 18.2 Å². The fourth-order valence-electron chi connectivity index (χ4n) is 1.88. The first-order chi connectivity index (χ1) is 8.90. The molecule has 1 amide bonds. The van der Waals surface area contributed by atoms with Crippen LogP contribution < -0.4 is 0 Å². The molecule has 1 rings (SSSR count). The van der Waals surface area contributed by atoms with Gasteiger partial charge in [-0.3, -0.25) is 4.79 Å². The molecule has 0 spiro atoms. The monoisotopic (exact) mass is 303 g/mol. The number of nitrogens with zero attached hydrogens (tertiary/aromatic N) is 1. The molecule has 0 aliphatic heterocycles. The minimum Gasteiger partial charge on any atom is -0.479 e. The number of rotatable bonds is 5. The molecule has 0 aliphatic rings. The third kappa shape index (κ3) is 3.61. The standard InChI is InChI=1S/C13H15Cl2NO3/c1-3-7-16(8(2)17)12(13(18)19)9-5-4-6-10(14)11(9)15/h4-6,12H,3,7H2,1-2H3,(H,18,19). The Labute approximate surface area is 121 Å². The van der Waals surface area contributed by atoms with Crippen molar-refractivity contribution in [1.82, 2.24) is 4.90 Å². The molecule has 0 fully saturated rings. The first-order valence-corrected chi connectivity index (χ1v) is 6.59. The second-order valence-electron chi connectivity index (χ2n) is 4.10. The number of carboxylic acids is 1. The molecule has 0 saturated carbocycles. The van der Waals surface area contributed by atoms with Crippen molar-refractivity contribution in [2.75, 3.05) is 6.54 Å². The van der Waals surface area contributed by atoms with Gasteiger partial charge in [-0.25, -0.2) is 4.79 Å². The lowest BCUT2D eigenvalue weighted by atomic mass is 10.0. The van der Waals surface area contributed by atoms with Crippen LogP contribution in [0.1, 0.15) is 31.9 Å². The molecule has 1 N–H and O–H groups in total. The highest BCUT2D eigenvalue weighted by molar-refractivity contribution is 6.42. The van der Waals surface area contributed by atoms with E-state index in [-0.39, 0.29) is 16.0 Å². The van der Waals surface area contributed by atoms with E-state index in [0.29, 0.717) is 18.5 Å². The number of aliphatic carboxylic acids is 1. The Morgan fingerprint density at radius 1 is 1.37 bits per heavy atom. The second-order valence-corrected chi connectivity index (χ2v) is 4.88. The Hall–Kier alpha value is -1.26. The van der Waals surface area contributed by atoms with Crippen molar-refractivity contribution < 1.29 is 14.7 Å². The van der Waals surface area contributed by atoms with E-state index in [1.54, 1.807) is 18.2 Å². The predicted octanol–water partition coefficient (Wildman–Crippen LogP) is 3.38.